The van der Waals surface area contributed by atoms with Gasteiger partial charge >= 0.3 is 5.92 Å². The normalized spacial score (nSPS) is 20.8. The summed E-state index contributed by atoms with van der Waals surface area (Å²) in [6, 6.07) is 0. The quantitative estimate of drug-likeness (QED) is 0.548. The van der Waals surface area contributed by atoms with Crippen molar-refractivity contribution < 1.29 is 26.3 Å². The summed E-state index contributed by atoms with van der Waals surface area (Å²) in [4.78, 5) is 0. The first-order valence-corrected chi connectivity index (χ1v) is 3.69. The summed E-state index contributed by atoms with van der Waals surface area (Å²) in [6.07, 6.45) is -4.08. The Morgan fingerprint density at radius 1 is 1.08 bits per heavy atom. The van der Waals surface area contributed by atoms with Gasteiger partial charge in [-0.2, -0.15) is 8.78 Å². The summed E-state index contributed by atoms with van der Waals surface area (Å²) < 4.78 is 67.1. The molecule has 74 valence electrons. The monoisotopic (exact) mass is 278 g/mol. The van der Waals surface area contributed by atoms with Gasteiger partial charge < -0.3 is 0 Å². The van der Waals surface area contributed by atoms with Crippen LogP contribution in [-0.4, -0.2) is 22.6 Å². The van der Waals surface area contributed by atoms with Crippen LogP contribution in [0.25, 0.3) is 0 Å². The van der Waals surface area contributed by atoms with Crippen molar-refractivity contribution in [3.63, 3.8) is 0 Å². The molecule has 0 fully saturated rings. The van der Waals surface area contributed by atoms with Crippen molar-refractivity contribution in [1.82, 2.24) is 0 Å². The molecule has 0 aromatic heterocycles. The maximum atomic E-state index is 12.3. The molecule has 0 saturated carbocycles. The van der Waals surface area contributed by atoms with E-state index in [1.54, 1.807) is 0 Å². The van der Waals surface area contributed by atoms with E-state index in [9.17, 15) is 26.3 Å². The van der Waals surface area contributed by atoms with E-state index in [1.807, 2.05) is 0 Å². The van der Waals surface area contributed by atoms with Crippen LogP contribution >= 0.6 is 27.5 Å². The van der Waals surface area contributed by atoms with Crippen molar-refractivity contribution in [3.8, 4) is 0 Å². The van der Waals surface area contributed by atoms with Crippen LogP contribution in [0.5, 0.6) is 0 Å². The highest BCUT2D eigenvalue weighted by molar-refractivity contribution is 9.10. The first-order valence-electron chi connectivity index (χ1n) is 2.46. The summed E-state index contributed by atoms with van der Waals surface area (Å²) in [5.74, 6) is -4.98. The lowest BCUT2D eigenvalue weighted by Crippen LogP contribution is -2.49. The standard InChI is InChI=1S/C4H2BrClF6/c5-3(10,2(8)9)4(11,12)1(6)7/h1-2H. The van der Waals surface area contributed by atoms with Crippen molar-refractivity contribution in [3.05, 3.63) is 0 Å². The van der Waals surface area contributed by atoms with Gasteiger partial charge in [-0.3, -0.25) is 0 Å². The van der Waals surface area contributed by atoms with Crippen molar-refractivity contribution in [2.24, 2.45) is 0 Å². The van der Waals surface area contributed by atoms with E-state index in [1.165, 1.54) is 15.9 Å². The Morgan fingerprint density at radius 2 is 1.42 bits per heavy atom. The maximum absolute atomic E-state index is 12.3. The minimum absolute atomic E-state index is 1.38. The molecule has 0 aliphatic heterocycles. The van der Waals surface area contributed by atoms with E-state index in [0.29, 0.717) is 0 Å². The molecule has 0 N–H and O–H groups in total. The molecule has 2 atom stereocenters. The van der Waals surface area contributed by atoms with Crippen molar-refractivity contribution in [2.45, 2.75) is 22.6 Å². The molecule has 0 heterocycles. The summed E-state index contributed by atoms with van der Waals surface area (Å²) in [6.45, 7) is 0. The molecule has 0 aliphatic carbocycles. The minimum Gasteiger partial charge on any atom is -0.223 e. The van der Waals surface area contributed by atoms with Crippen LogP contribution in [0.2, 0.25) is 0 Å². The number of rotatable bonds is 3. The van der Waals surface area contributed by atoms with Gasteiger partial charge in [0, 0.05) is 0 Å². The second kappa shape index (κ2) is 3.61. The maximum Gasteiger partial charge on any atom is 0.341 e. The molecule has 0 aromatic rings. The molecule has 0 spiro atoms. The highest BCUT2D eigenvalue weighted by Crippen LogP contribution is 2.46. The first-order chi connectivity index (χ1) is 5.14. The third kappa shape index (κ3) is 1.99. The lowest BCUT2D eigenvalue weighted by Gasteiger charge is -2.27. The topological polar surface area (TPSA) is 0 Å². The fourth-order valence-electron chi connectivity index (χ4n) is 0.291. The van der Waals surface area contributed by atoms with Crippen LogP contribution in [0.3, 0.4) is 0 Å². The SMILES string of the molecule is FC(Cl)C(F)(F)C(F)(Br)C(F)F. The zero-order valence-corrected chi connectivity index (χ0v) is 7.52. The van der Waals surface area contributed by atoms with E-state index in [0.717, 1.165) is 0 Å². The summed E-state index contributed by atoms with van der Waals surface area (Å²) >= 11 is 5.56. The van der Waals surface area contributed by atoms with Gasteiger partial charge in [0.2, 0.25) is 5.63 Å². The molecular weight excluding hydrogens is 277 g/mol. The van der Waals surface area contributed by atoms with E-state index in [2.05, 4.69) is 11.6 Å². The Kier molecular flexibility index (Phi) is 3.72. The van der Waals surface area contributed by atoms with Gasteiger partial charge in [-0.25, -0.2) is 17.6 Å². The van der Waals surface area contributed by atoms with Gasteiger partial charge in [-0.1, -0.05) is 11.6 Å². The van der Waals surface area contributed by atoms with Crippen molar-refractivity contribution >= 4 is 27.5 Å². The van der Waals surface area contributed by atoms with Gasteiger partial charge in [0.05, 0.1) is 0 Å². The Bertz CT molecular complexity index is 140. The molecule has 0 rings (SSSR count). The highest BCUT2D eigenvalue weighted by atomic mass is 79.9. The molecule has 12 heavy (non-hydrogen) atoms. The highest BCUT2D eigenvalue weighted by Gasteiger charge is 2.64. The van der Waals surface area contributed by atoms with Gasteiger partial charge in [0.1, 0.15) is 0 Å². The van der Waals surface area contributed by atoms with Crippen LogP contribution in [0.1, 0.15) is 0 Å². The largest absolute Gasteiger partial charge is 0.341 e. The summed E-state index contributed by atoms with van der Waals surface area (Å²) in [7, 11) is 0. The molecule has 0 radical (unpaired) electrons. The summed E-state index contributed by atoms with van der Waals surface area (Å²) in [5, 5.41) is 0. The van der Waals surface area contributed by atoms with E-state index < -0.39 is 22.6 Å². The third-order valence-electron chi connectivity index (χ3n) is 0.993. The van der Waals surface area contributed by atoms with E-state index in [-0.39, 0.29) is 0 Å². The van der Waals surface area contributed by atoms with Crippen LogP contribution in [0, 0.1) is 0 Å². The number of hydrogen-bond donors (Lipinski definition) is 0. The van der Waals surface area contributed by atoms with Crippen LogP contribution in [0.15, 0.2) is 0 Å². The van der Waals surface area contributed by atoms with Crippen LogP contribution in [0.4, 0.5) is 26.3 Å². The van der Waals surface area contributed by atoms with Crippen LogP contribution < -0.4 is 0 Å². The van der Waals surface area contributed by atoms with Gasteiger partial charge in [-0.15, -0.1) is 0 Å². The fourth-order valence-corrected chi connectivity index (χ4v) is 0.783. The molecule has 0 aromatic carbocycles. The van der Waals surface area contributed by atoms with Crippen LogP contribution in [-0.2, 0) is 0 Å². The molecule has 0 bridgehead atoms. The lowest BCUT2D eigenvalue weighted by molar-refractivity contribution is -0.162. The van der Waals surface area contributed by atoms with E-state index in [4.69, 9.17) is 0 Å². The lowest BCUT2D eigenvalue weighted by atomic mass is 10.2. The van der Waals surface area contributed by atoms with Crippen molar-refractivity contribution in [1.29, 1.82) is 0 Å². The second-order valence-corrected chi connectivity index (χ2v) is 3.38. The average molecular weight is 279 g/mol. The second-order valence-electron chi connectivity index (χ2n) is 1.85. The predicted molar refractivity (Wildman–Crippen MR) is 34.5 cm³/mol. The number of halogens is 8. The average Bonchev–Trinajstić information content (AvgIpc) is 1.86. The predicted octanol–water partition coefficient (Wildman–Crippen LogP) is 3.48. The molecule has 0 nitrogen and oxygen atoms in total. The first kappa shape index (κ1) is 12.3. The molecule has 8 heteroatoms. The van der Waals surface area contributed by atoms with Gasteiger partial charge in [-0.05, 0) is 15.9 Å². The molecular formula is C4H2BrClF6. The van der Waals surface area contributed by atoms with Gasteiger partial charge in [0.15, 0.2) is 0 Å². The Balaban J connectivity index is 4.75. The molecule has 0 aliphatic rings. The zero-order chi connectivity index (χ0) is 10.2. The number of alkyl halides is 8. The zero-order valence-electron chi connectivity index (χ0n) is 5.18. The Labute approximate surface area is 77.0 Å². The Hall–Kier alpha value is 0.350. The minimum atomic E-state index is -4.98. The van der Waals surface area contributed by atoms with Crippen molar-refractivity contribution in [2.75, 3.05) is 0 Å². The molecule has 2 unspecified atom stereocenters. The molecule has 0 saturated heterocycles. The summed E-state index contributed by atoms with van der Waals surface area (Å²) in [5.41, 5.74) is -3.52. The van der Waals surface area contributed by atoms with E-state index >= 15 is 0 Å². The molecule has 0 amide bonds. The number of hydrogen-bond acceptors (Lipinski definition) is 0. The Morgan fingerprint density at radius 3 is 1.50 bits per heavy atom. The fraction of sp³-hybridized carbons (Fsp3) is 1.00. The smallest absolute Gasteiger partial charge is 0.223 e. The van der Waals surface area contributed by atoms with Gasteiger partial charge in [0.25, 0.3) is 11.0 Å². The third-order valence-corrected chi connectivity index (χ3v) is 2.14.